The fourth-order valence-electron chi connectivity index (χ4n) is 1.32. The van der Waals surface area contributed by atoms with Crippen LogP contribution in [0.4, 0.5) is 5.69 Å². The number of benzene rings is 1. The minimum atomic E-state index is -3.84. The number of hydrogen-bond acceptors (Lipinski definition) is 4. The van der Waals surface area contributed by atoms with Gasteiger partial charge in [0, 0.05) is 4.47 Å². The number of sulfonamides is 2. The van der Waals surface area contributed by atoms with Crippen LogP contribution in [0.25, 0.3) is 0 Å². The molecule has 6 nitrogen and oxygen atoms in total. The standard InChI is InChI=1S/C10H15BrN2O4S2/c1-6(2)19(16,17)13-9-4-7(3)10(5-8(9)11)18(12,14)15/h4-6,13H,1-3H3,(H2,12,14,15). The topological polar surface area (TPSA) is 106 Å². The third-order valence-corrected chi connectivity index (χ3v) is 5.90. The monoisotopic (exact) mass is 370 g/mol. The number of aryl methyl sites for hydroxylation is 1. The van der Waals surface area contributed by atoms with Crippen LogP contribution in [0.15, 0.2) is 21.5 Å². The van der Waals surface area contributed by atoms with Gasteiger partial charge in [0.25, 0.3) is 0 Å². The molecule has 9 heteroatoms. The molecule has 0 aromatic heterocycles. The van der Waals surface area contributed by atoms with Gasteiger partial charge >= 0.3 is 0 Å². The lowest BCUT2D eigenvalue weighted by Gasteiger charge is -2.14. The molecule has 0 radical (unpaired) electrons. The molecule has 3 N–H and O–H groups in total. The van der Waals surface area contributed by atoms with Crippen molar-refractivity contribution in [3.8, 4) is 0 Å². The lowest BCUT2D eigenvalue weighted by atomic mass is 10.2. The Morgan fingerprint density at radius 3 is 2.16 bits per heavy atom. The Hall–Kier alpha value is -0.640. The number of primary sulfonamides is 1. The summed E-state index contributed by atoms with van der Waals surface area (Å²) in [5.74, 6) is 0. The van der Waals surface area contributed by atoms with Crippen LogP contribution >= 0.6 is 15.9 Å². The summed E-state index contributed by atoms with van der Waals surface area (Å²) in [5.41, 5.74) is 0.644. The molecule has 0 atom stereocenters. The highest BCUT2D eigenvalue weighted by Gasteiger charge is 2.19. The molecule has 0 bridgehead atoms. The normalized spacial score (nSPS) is 12.7. The summed E-state index contributed by atoms with van der Waals surface area (Å²) in [6.07, 6.45) is 0. The van der Waals surface area contributed by atoms with Crippen molar-refractivity contribution in [2.24, 2.45) is 5.14 Å². The highest BCUT2D eigenvalue weighted by molar-refractivity contribution is 9.10. The second-order valence-corrected chi connectivity index (χ2v) is 8.96. The van der Waals surface area contributed by atoms with Crippen LogP contribution < -0.4 is 9.86 Å². The second kappa shape index (κ2) is 5.39. The van der Waals surface area contributed by atoms with Crippen LogP contribution in [0.3, 0.4) is 0 Å². The molecular weight excluding hydrogens is 356 g/mol. The molecule has 1 rings (SSSR count). The molecule has 19 heavy (non-hydrogen) atoms. The Kier molecular flexibility index (Phi) is 4.66. The van der Waals surface area contributed by atoms with Gasteiger partial charge in [-0.2, -0.15) is 0 Å². The number of hydrogen-bond donors (Lipinski definition) is 2. The van der Waals surface area contributed by atoms with E-state index in [1.807, 2.05) is 0 Å². The molecule has 0 aliphatic heterocycles. The first-order chi connectivity index (χ1) is 8.45. The molecular formula is C10H15BrN2O4S2. The summed E-state index contributed by atoms with van der Waals surface area (Å²) in [7, 11) is -7.34. The van der Waals surface area contributed by atoms with E-state index in [9.17, 15) is 16.8 Å². The number of halogens is 1. The minimum absolute atomic E-state index is 0.0492. The molecule has 0 spiro atoms. The molecule has 1 aromatic carbocycles. The van der Waals surface area contributed by atoms with E-state index in [1.165, 1.54) is 12.1 Å². The zero-order valence-corrected chi connectivity index (χ0v) is 13.9. The average Bonchev–Trinajstić information content (AvgIpc) is 2.20. The SMILES string of the molecule is Cc1cc(NS(=O)(=O)C(C)C)c(Br)cc1S(N)(=O)=O. The summed E-state index contributed by atoms with van der Waals surface area (Å²) in [6.45, 7) is 4.63. The van der Waals surface area contributed by atoms with E-state index in [2.05, 4.69) is 20.7 Å². The van der Waals surface area contributed by atoms with Crippen molar-refractivity contribution in [1.29, 1.82) is 0 Å². The Morgan fingerprint density at radius 2 is 1.74 bits per heavy atom. The first-order valence-electron chi connectivity index (χ1n) is 5.29. The van der Waals surface area contributed by atoms with Gasteiger partial charge in [-0.15, -0.1) is 0 Å². The Morgan fingerprint density at radius 1 is 1.21 bits per heavy atom. The van der Waals surface area contributed by atoms with E-state index in [0.717, 1.165) is 0 Å². The number of nitrogens with two attached hydrogens (primary N) is 1. The third kappa shape index (κ3) is 3.91. The maximum Gasteiger partial charge on any atom is 0.238 e. The van der Waals surface area contributed by atoms with Crippen LogP contribution in [0.5, 0.6) is 0 Å². The predicted molar refractivity (Wildman–Crippen MR) is 77.9 cm³/mol. The molecule has 0 heterocycles. The lowest BCUT2D eigenvalue weighted by Crippen LogP contribution is -2.23. The van der Waals surface area contributed by atoms with Gasteiger partial charge in [0.15, 0.2) is 0 Å². The molecule has 0 saturated carbocycles. The minimum Gasteiger partial charge on any atom is -0.282 e. The smallest absolute Gasteiger partial charge is 0.238 e. The average molecular weight is 371 g/mol. The Bertz CT molecular complexity index is 696. The van der Waals surface area contributed by atoms with Gasteiger partial charge in [-0.25, -0.2) is 22.0 Å². The zero-order chi connectivity index (χ0) is 15.0. The lowest BCUT2D eigenvalue weighted by molar-refractivity contribution is 0.592. The molecule has 0 amide bonds. The Labute approximate surface area is 121 Å². The van der Waals surface area contributed by atoms with Gasteiger partial charge in [0.1, 0.15) is 0 Å². The highest BCUT2D eigenvalue weighted by atomic mass is 79.9. The van der Waals surface area contributed by atoms with Crippen LogP contribution in [-0.2, 0) is 20.0 Å². The molecule has 0 unspecified atom stereocenters. The van der Waals surface area contributed by atoms with Crippen LogP contribution in [0.2, 0.25) is 0 Å². The van der Waals surface area contributed by atoms with Crippen molar-refractivity contribution in [2.45, 2.75) is 30.9 Å². The summed E-state index contributed by atoms with van der Waals surface area (Å²) < 4.78 is 48.9. The molecule has 0 fully saturated rings. The molecule has 0 saturated heterocycles. The van der Waals surface area contributed by atoms with Gasteiger partial charge in [-0.05, 0) is 54.4 Å². The van der Waals surface area contributed by atoms with E-state index < -0.39 is 25.3 Å². The fraction of sp³-hybridized carbons (Fsp3) is 0.400. The summed E-state index contributed by atoms with van der Waals surface area (Å²) in [5, 5.41) is 4.47. The van der Waals surface area contributed by atoms with Gasteiger partial charge in [-0.1, -0.05) is 0 Å². The van der Waals surface area contributed by atoms with Crippen molar-refractivity contribution in [3.63, 3.8) is 0 Å². The van der Waals surface area contributed by atoms with Gasteiger partial charge in [0.05, 0.1) is 15.8 Å². The van der Waals surface area contributed by atoms with E-state index >= 15 is 0 Å². The molecule has 108 valence electrons. The summed E-state index contributed by atoms with van der Waals surface area (Å²) >= 11 is 3.13. The summed E-state index contributed by atoms with van der Waals surface area (Å²) in [6, 6.07) is 2.70. The first kappa shape index (κ1) is 16.4. The summed E-state index contributed by atoms with van der Waals surface area (Å²) in [4.78, 5) is -0.0492. The van der Waals surface area contributed by atoms with Crippen molar-refractivity contribution < 1.29 is 16.8 Å². The van der Waals surface area contributed by atoms with E-state index in [-0.39, 0.29) is 10.6 Å². The molecule has 0 aliphatic rings. The maximum atomic E-state index is 11.8. The van der Waals surface area contributed by atoms with E-state index in [1.54, 1.807) is 20.8 Å². The molecule has 0 aliphatic carbocycles. The highest BCUT2D eigenvalue weighted by Crippen LogP contribution is 2.29. The Balaban J connectivity index is 3.33. The maximum absolute atomic E-state index is 11.8. The number of nitrogens with one attached hydrogen (secondary N) is 1. The van der Waals surface area contributed by atoms with Crippen LogP contribution in [0.1, 0.15) is 19.4 Å². The van der Waals surface area contributed by atoms with Crippen LogP contribution in [-0.4, -0.2) is 22.1 Å². The third-order valence-electron chi connectivity index (χ3n) is 2.44. The van der Waals surface area contributed by atoms with E-state index in [0.29, 0.717) is 10.0 Å². The van der Waals surface area contributed by atoms with Gasteiger partial charge < -0.3 is 0 Å². The first-order valence-corrected chi connectivity index (χ1v) is 9.18. The second-order valence-electron chi connectivity index (χ2n) is 4.34. The van der Waals surface area contributed by atoms with Crippen molar-refractivity contribution in [1.82, 2.24) is 0 Å². The van der Waals surface area contributed by atoms with Crippen LogP contribution in [0, 0.1) is 6.92 Å². The predicted octanol–water partition coefficient (Wildman–Crippen LogP) is 1.56. The van der Waals surface area contributed by atoms with Gasteiger partial charge in [-0.3, -0.25) is 4.72 Å². The van der Waals surface area contributed by atoms with Crippen molar-refractivity contribution in [3.05, 3.63) is 22.2 Å². The van der Waals surface area contributed by atoms with Gasteiger partial charge in [0.2, 0.25) is 20.0 Å². The van der Waals surface area contributed by atoms with E-state index in [4.69, 9.17) is 5.14 Å². The zero-order valence-electron chi connectivity index (χ0n) is 10.6. The van der Waals surface area contributed by atoms with Crippen molar-refractivity contribution >= 4 is 41.7 Å². The van der Waals surface area contributed by atoms with Crippen molar-refractivity contribution in [2.75, 3.05) is 4.72 Å². The molecule has 1 aromatic rings. The quantitative estimate of drug-likeness (QED) is 0.838. The number of rotatable bonds is 4. The number of anilines is 1. The fourth-order valence-corrected chi connectivity index (χ4v) is 3.55. The largest absolute Gasteiger partial charge is 0.282 e.